The van der Waals surface area contributed by atoms with Gasteiger partial charge in [0.05, 0.1) is 0 Å². The van der Waals surface area contributed by atoms with Crippen LogP contribution in [0, 0.1) is 0 Å². The van der Waals surface area contributed by atoms with Gasteiger partial charge >= 0.3 is 0 Å². The third kappa shape index (κ3) is 2.08. The summed E-state index contributed by atoms with van der Waals surface area (Å²) < 4.78 is 1.14. The maximum absolute atomic E-state index is 3.88. The Bertz CT molecular complexity index is 274. The van der Waals surface area contributed by atoms with E-state index in [4.69, 9.17) is 0 Å². The van der Waals surface area contributed by atoms with Crippen LogP contribution >= 0.6 is 15.9 Å². The molecule has 0 nitrogen and oxygen atoms in total. The molecule has 0 aromatic heterocycles. The Balaban J connectivity index is 3.04. The average molecular weight is 241 g/mol. The van der Waals surface area contributed by atoms with Gasteiger partial charge in [-0.2, -0.15) is 0 Å². The number of benzene rings is 1. The molecule has 0 spiro atoms. The zero-order valence-corrected chi connectivity index (χ0v) is 10.1. The monoisotopic (exact) mass is 240 g/mol. The van der Waals surface area contributed by atoms with Crippen molar-refractivity contribution in [1.29, 1.82) is 0 Å². The summed E-state index contributed by atoms with van der Waals surface area (Å²) in [5.74, 6) is 0. The molecule has 0 aliphatic heterocycles. The first-order valence-electron chi connectivity index (χ1n) is 3.96. The van der Waals surface area contributed by atoms with Gasteiger partial charge in [-0.3, -0.25) is 0 Å². The second kappa shape index (κ2) is 3.58. The molecule has 0 aliphatic carbocycles. The maximum Gasteiger partial charge on any atom is 0.103 e. The van der Waals surface area contributed by atoms with E-state index in [0.29, 0.717) is 0 Å². The van der Waals surface area contributed by atoms with Crippen LogP contribution in [-0.4, -0.2) is 8.07 Å². The number of hydrogen-bond acceptors (Lipinski definition) is 0. The van der Waals surface area contributed by atoms with Gasteiger partial charge in [-0.1, -0.05) is 52.0 Å². The van der Waals surface area contributed by atoms with Crippen molar-refractivity contribution < 1.29 is 0 Å². The smallest absolute Gasteiger partial charge is 0.103 e. The van der Waals surface area contributed by atoms with Crippen molar-refractivity contribution in [1.82, 2.24) is 0 Å². The summed E-state index contributed by atoms with van der Waals surface area (Å²) in [4.78, 5) is 0. The van der Waals surface area contributed by atoms with Crippen LogP contribution in [0.5, 0.6) is 0 Å². The number of halogens is 1. The molecule has 0 heterocycles. The molecule has 2 heteroatoms. The molecule has 12 heavy (non-hydrogen) atoms. The first-order valence-corrected chi connectivity index (χ1v) is 7.83. The molecule has 1 aromatic rings. The lowest BCUT2D eigenvalue weighted by molar-refractivity contribution is 1.66. The quantitative estimate of drug-likeness (QED) is 0.698. The molecule has 0 unspecified atom stereocenters. The fourth-order valence-corrected chi connectivity index (χ4v) is 2.52. The van der Waals surface area contributed by atoms with Crippen molar-refractivity contribution >= 4 is 29.2 Å². The Morgan fingerprint density at radius 1 is 1.25 bits per heavy atom. The van der Waals surface area contributed by atoms with Gasteiger partial charge in [-0.05, 0) is 12.1 Å². The van der Waals surface area contributed by atoms with Gasteiger partial charge in [-0.15, -0.1) is 6.58 Å². The second-order valence-corrected chi connectivity index (χ2v) is 8.78. The van der Waals surface area contributed by atoms with Gasteiger partial charge in [-0.25, -0.2) is 0 Å². The van der Waals surface area contributed by atoms with Gasteiger partial charge in [0.15, 0.2) is 0 Å². The maximum atomic E-state index is 3.88. The van der Waals surface area contributed by atoms with Crippen LogP contribution in [0.25, 0.3) is 0 Å². The molecule has 0 saturated carbocycles. The largest absolute Gasteiger partial charge is 0.107 e. The molecule has 1 rings (SSSR count). The first kappa shape index (κ1) is 9.74. The van der Waals surface area contributed by atoms with Gasteiger partial charge in [0.1, 0.15) is 8.07 Å². The highest BCUT2D eigenvalue weighted by atomic mass is 79.9. The van der Waals surface area contributed by atoms with Crippen molar-refractivity contribution in [3.05, 3.63) is 41.0 Å². The highest BCUT2D eigenvalue weighted by Gasteiger charge is 2.17. The summed E-state index contributed by atoms with van der Waals surface area (Å²) >= 11 is 3.42. The second-order valence-electron chi connectivity index (χ2n) is 3.43. The summed E-state index contributed by atoms with van der Waals surface area (Å²) in [6, 6.07) is 8.54. The molecule has 0 N–H and O–H groups in total. The lowest BCUT2D eigenvalue weighted by atomic mass is 10.4. The highest BCUT2D eigenvalue weighted by molar-refractivity contribution is 9.10. The van der Waals surface area contributed by atoms with Crippen molar-refractivity contribution in [3.63, 3.8) is 0 Å². The van der Waals surface area contributed by atoms with Gasteiger partial charge < -0.3 is 0 Å². The first-order chi connectivity index (χ1) is 5.56. The van der Waals surface area contributed by atoms with Crippen LogP contribution in [0.3, 0.4) is 0 Å². The number of rotatable bonds is 2. The topological polar surface area (TPSA) is 0 Å². The SMILES string of the molecule is C=C[Si](C)(C)c1ccc(Br)cc1. The number of hydrogen-bond donors (Lipinski definition) is 0. The van der Waals surface area contributed by atoms with E-state index >= 15 is 0 Å². The third-order valence-corrected chi connectivity index (χ3v) is 5.47. The van der Waals surface area contributed by atoms with Gasteiger partial charge in [0.2, 0.25) is 0 Å². The summed E-state index contributed by atoms with van der Waals surface area (Å²) in [5.41, 5.74) is 2.11. The Hall–Kier alpha value is -0.343. The van der Waals surface area contributed by atoms with E-state index in [1.165, 1.54) is 5.19 Å². The zero-order valence-electron chi connectivity index (χ0n) is 7.47. The minimum atomic E-state index is -1.33. The molecule has 0 saturated heterocycles. The highest BCUT2D eigenvalue weighted by Crippen LogP contribution is 2.09. The van der Waals surface area contributed by atoms with Crippen molar-refractivity contribution in [2.75, 3.05) is 0 Å². The normalized spacial score (nSPS) is 11.2. The Kier molecular flexibility index (Phi) is 2.91. The van der Waals surface area contributed by atoms with E-state index < -0.39 is 8.07 Å². The zero-order chi connectivity index (χ0) is 9.19. The Morgan fingerprint density at radius 3 is 2.17 bits per heavy atom. The molecule has 64 valence electrons. The summed E-state index contributed by atoms with van der Waals surface area (Å²) in [7, 11) is -1.33. The summed E-state index contributed by atoms with van der Waals surface area (Å²) in [5, 5.41) is 1.43. The lowest BCUT2D eigenvalue weighted by Crippen LogP contribution is -2.38. The van der Waals surface area contributed by atoms with Crippen LogP contribution < -0.4 is 5.19 Å². The summed E-state index contributed by atoms with van der Waals surface area (Å²) in [6.45, 7) is 8.47. The van der Waals surface area contributed by atoms with Crippen molar-refractivity contribution in [2.24, 2.45) is 0 Å². The Labute approximate surface area is 83.5 Å². The van der Waals surface area contributed by atoms with Crippen LogP contribution in [0.1, 0.15) is 0 Å². The molecular weight excluding hydrogens is 228 g/mol. The molecule has 0 radical (unpaired) electrons. The fourth-order valence-electron chi connectivity index (χ4n) is 0.997. The minimum absolute atomic E-state index is 1.14. The predicted molar refractivity (Wildman–Crippen MR) is 61.5 cm³/mol. The van der Waals surface area contributed by atoms with E-state index in [1.54, 1.807) is 0 Å². The molecule has 0 atom stereocenters. The molecule has 1 aromatic carbocycles. The minimum Gasteiger partial charge on any atom is -0.107 e. The van der Waals surface area contributed by atoms with E-state index in [0.717, 1.165) is 4.47 Å². The van der Waals surface area contributed by atoms with E-state index in [-0.39, 0.29) is 0 Å². The lowest BCUT2D eigenvalue weighted by Gasteiger charge is -2.17. The molecule has 0 fully saturated rings. The average Bonchev–Trinajstić information content (AvgIpc) is 2.05. The van der Waals surface area contributed by atoms with E-state index in [1.807, 2.05) is 0 Å². The standard InChI is InChI=1S/C10H13BrSi/c1-4-12(2,3)10-7-5-9(11)6-8-10/h4-8H,1H2,2-3H3. The van der Waals surface area contributed by atoms with E-state index in [2.05, 4.69) is 65.6 Å². The van der Waals surface area contributed by atoms with Gasteiger partial charge in [0.25, 0.3) is 0 Å². The van der Waals surface area contributed by atoms with Gasteiger partial charge in [0, 0.05) is 4.47 Å². The molecule has 0 aliphatic rings. The predicted octanol–water partition coefficient (Wildman–Crippen LogP) is 3.09. The Morgan fingerprint density at radius 2 is 1.75 bits per heavy atom. The van der Waals surface area contributed by atoms with Crippen LogP contribution in [0.4, 0.5) is 0 Å². The molecule has 0 bridgehead atoms. The van der Waals surface area contributed by atoms with Crippen LogP contribution in [0.2, 0.25) is 13.1 Å². The van der Waals surface area contributed by atoms with Crippen LogP contribution in [0.15, 0.2) is 41.0 Å². The summed E-state index contributed by atoms with van der Waals surface area (Å²) in [6.07, 6.45) is 0. The fraction of sp³-hybridized carbons (Fsp3) is 0.200. The van der Waals surface area contributed by atoms with Crippen LogP contribution in [-0.2, 0) is 0 Å². The third-order valence-electron chi connectivity index (χ3n) is 2.10. The molecule has 0 amide bonds. The van der Waals surface area contributed by atoms with E-state index in [9.17, 15) is 0 Å². The van der Waals surface area contributed by atoms with Crippen molar-refractivity contribution in [2.45, 2.75) is 13.1 Å². The van der Waals surface area contributed by atoms with Crippen molar-refractivity contribution in [3.8, 4) is 0 Å². The molecular formula is C10H13BrSi.